The van der Waals surface area contributed by atoms with Crippen LogP contribution in [0, 0.1) is 12.8 Å². The Balaban J connectivity index is 2.05. The molecule has 1 N–H and O–H groups in total. The summed E-state index contributed by atoms with van der Waals surface area (Å²) in [6.07, 6.45) is 5.58. The standard InChI is InChI=1S/C18H28N2O3/c1-5-9-22-16-13(3)11-15(12-19-16)20-17(21)18(4,14-7-8-14)23-10-6-2/h11-12,14H,5-10H2,1-4H3,(H,20,21). The van der Waals surface area contributed by atoms with Gasteiger partial charge < -0.3 is 14.8 Å². The Hall–Kier alpha value is -1.62. The first-order chi connectivity index (χ1) is 11.0. The quantitative estimate of drug-likeness (QED) is 0.753. The highest BCUT2D eigenvalue weighted by Crippen LogP contribution is 2.42. The van der Waals surface area contributed by atoms with Gasteiger partial charge in [-0.2, -0.15) is 0 Å². The second-order valence-corrected chi connectivity index (χ2v) is 6.38. The van der Waals surface area contributed by atoms with Crippen molar-refractivity contribution in [2.45, 2.75) is 59.0 Å². The predicted molar refractivity (Wildman–Crippen MR) is 90.8 cm³/mol. The summed E-state index contributed by atoms with van der Waals surface area (Å²) in [4.78, 5) is 17.0. The minimum absolute atomic E-state index is 0.0862. The van der Waals surface area contributed by atoms with Crippen LogP contribution in [0.1, 0.15) is 52.0 Å². The molecule has 0 aromatic carbocycles. The molecule has 1 aromatic heterocycles. The molecule has 0 spiro atoms. The third-order valence-corrected chi connectivity index (χ3v) is 4.14. The zero-order chi connectivity index (χ0) is 16.9. The lowest BCUT2D eigenvalue weighted by atomic mass is 9.98. The number of amides is 1. The van der Waals surface area contributed by atoms with E-state index in [0.29, 0.717) is 30.7 Å². The molecule has 0 aliphatic heterocycles. The lowest BCUT2D eigenvalue weighted by molar-refractivity contribution is -0.142. The molecule has 1 aliphatic rings. The Morgan fingerprint density at radius 1 is 1.35 bits per heavy atom. The van der Waals surface area contributed by atoms with Gasteiger partial charge in [0.15, 0.2) is 0 Å². The molecule has 5 heteroatoms. The van der Waals surface area contributed by atoms with Gasteiger partial charge in [0.05, 0.1) is 18.5 Å². The fraction of sp³-hybridized carbons (Fsp3) is 0.667. The first-order valence-corrected chi connectivity index (χ1v) is 8.56. The second kappa shape index (κ2) is 7.77. The van der Waals surface area contributed by atoms with Crippen LogP contribution in [0.25, 0.3) is 0 Å². The molecule has 0 bridgehead atoms. The summed E-state index contributed by atoms with van der Waals surface area (Å²) >= 11 is 0. The van der Waals surface area contributed by atoms with Gasteiger partial charge in [-0.25, -0.2) is 4.98 Å². The van der Waals surface area contributed by atoms with Gasteiger partial charge in [0.1, 0.15) is 5.60 Å². The number of pyridine rings is 1. The Morgan fingerprint density at radius 3 is 2.61 bits per heavy atom. The van der Waals surface area contributed by atoms with E-state index in [1.54, 1.807) is 6.20 Å². The number of nitrogens with zero attached hydrogens (tertiary/aromatic N) is 1. The fourth-order valence-electron chi connectivity index (χ4n) is 2.55. The highest BCUT2D eigenvalue weighted by Gasteiger charge is 2.48. The van der Waals surface area contributed by atoms with Crippen LogP contribution in [0.5, 0.6) is 5.88 Å². The van der Waals surface area contributed by atoms with Crippen molar-refractivity contribution in [3.8, 4) is 5.88 Å². The second-order valence-electron chi connectivity index (χ2n) is 6.38. The summed E-state index contributed by atoms with van der Waals surface area (Å²) in [7, 11) is 0. The summed E-state index contributed by atoms with van der Waals surface area (Å²) in [5.41, 5.74) is 0.851. The van der Waals surface area contributed by atoms with Crippen molar-refractivity contribution in [3.63, 3.8) is 0 Å². The van der Waals surface area contributed by atoms with Gasteiger partial charge in [0.2, 0.25) is 5.88 Å². The molecule has 0 saturated heterocycles. The molecule has 1 atom stereocenters. The number of aryl methyl sites for hydroxylation is 1. The number of anilines is 1. The fourth-order valence-corrected chi connectivity index (χ4v) is 2.55. The minimum atomic E-state index is -0.749. The Kier molecular flexibility index (Phi) is 5.99. The number of hydrogen-bond acceptors (Lipinski definition) is 4. The molecule has 128 valence electrons. The van der Waals surface area contributed by atoms with E-state index in [0.717, 1.165) is 31.2 Å². The lowest BCUT2D eigenvalue weighted by Crippen LogP contribution is -2.45. The Morgan fingerprint density at radius 2 is 2.04 bits per heavy atom. The normalized spacial score (nSPS) is 16.7. The smallest absolute Gasteiger partial charge is 0.256 e. The maximum Gasteiger partial charge on any atom is 0.256 e. The molecule has 23 heavy (non-hydrogen) atoms. The van der Waals surface area contributed by atoms with Gasteiger partial charge in [-0.3, -0.25) is 4.79 Å². The topological polar surface area (TPSA) is 60.5 Å². The Labute approximate surface area is 138 Å². The zero-order valence-corrected chi connectivity index (χ0v) is 14.6. The van der Waals surface area contributed by atoms with Crippen molar-refractivity contribution in [2.75, 3.05) is 18.5 Å². The first kappa shape index (κ1) is 17.7. The van der Waals surface area contributed by atoms with Gasteiger partial charge >= 0.3 is 0 Å². The Bertz CT molecular complexity index is 543. The van der Waals surface area contributed by atoms with Gasteiger partial charge in [-0.15, -0.1) is 0 Å². The molecule has 0 radical (unpaired) electrons. The van der Waals surface area contributed by atoms with Crippen molar-refractivity contribution < 1.29 is 14.3 Å². The SMILES string of the molecule is CCCOc1ncc(NC(=O)C(C)(OCCC)C2CC2)cc1C. The van der Waals surface area contributed by atoms with E-state index in [1.165, 1.54) is 0 Å². The third-order valence-electron chi connectivity index (χ3n) is 4.14. The molecule has 1 aliphatic carbocycles. The number of ether oxygens (including phenoxy) is 2. The summed E-state index contributed by atoms with van der Waals surface area (Å²) in [5.74, 6) is 0.851. The molecule has 1 saturated carbocycles. The lowest BCUT2D eigenvalue weighted by Gasteiger charge is -2.28. The largest absolute Gasteiger partial charge is 0.477 e. The molecule has 1 aromatic rings. The molecular formula is C18H28N2O3. The average molecular weight is 320 g/mol. The molecule has 1 heterocycles. The highest BCUT2D eigenvalue weighted by molar-refractivity contribution is 5.97. The van der Waals surface area contributed by atoms with Crippen LogP contribution in [-0.2, 0) is 9.53 Å². The van der Waals surface area contributed by atoms with E-state index >= 15 is 0 Å². The number of carbonyl (C=O) groups is 1. The summed E-state index contributed by atoms with van der Waals surface area (Å²) < 4.78 is 11.5. The molecule has 5 nitrogen and oxygen atoms in total. The van der Waals surface area contributed by atoms with E-state index in [4.69, 9.17) is 9.47 Å². The van der Waals surface area contributed by atoms with Gasteiger partial charge in [-0.05, 0) is 51.5 Å². The molecule has 2 rings (SSSR count). The van der Waals surface area contributed by atoms with E-state index in [9.17, 15) is 4.79 Å². The molecule has 1 unspecified atom stereocenters. The predicted octanol–water partition coefficient (Wildman–Crippen LogP) is 3.71. The number of carbonyl (C=O) groups excluding carboxylic acids is 1. The van der Waals surface area contributed by atoms with Crippen LogP contribution in [-0.4, -0.2) is 29.7 Å². The van der Waals surface area contributed by atoms with E-state index in [-0.39, 0.29) is 5.91 Å². The maximum atomic E-state index is 12.7. The van der Waals surface area contributed by atoms with Crippen LogP contribution >= 0.6 is 0 Å². The van der Waals surface area contributed by atoms with Gasteiger partial charge in [0.25, 0.3) is 5.91 Å². The molecule has 1 amide bonds. The van der Waals surface area contributed by atoms with Crippen molar-refractivity contribution in [1.82, 2.24) is 4.98 Å². The zero-order valence-electron chi connectivity index (χ0n) is 14.6. The van der Waals surface area contributed by atoms with Crippen molar-refractivity contribution in [1.29, 1.82) is 0 Å². The number of aromatic nitrogens is 1. The van der Waals surface area contributed by atoms with E-state index in [2.05, 4.69) is 17.2 Å². The van der Waals surface area contributed by atoms with Crippen molar-refractivity contribution in [3.05, 3.63) is 17.8 Å². The third kappa shape index (κ3) is 4.44. The number of hydrogen-bond donors (Lipinski definition) is 1. The van der Waals surface area contributed by atoms with E-state index < -0.39 is 5.60 Å². The number of nitrogens with one attached hydrogen (secondary N) is 1. The number of rotatable bonds is 9. The first-order valence-electron chi connectivity index (χ1n) is 8.56. The van der Waals surface area contributed by atoms with Crippen LogP contribution in [0.3, 0.4) is 0 Å². The molecule has 1 fully saturated rings. The van der Waals surface area contributed by atoms with Crippen LogP contribution in [0.15, 0.2) is 12.3 Å². The van der Waals surface area contributed by atoms with Crippen molar-refractivity contribution in [2.24, 2.45) is 5.92 Å². The van der Waals surface area contributed by atoms with E-state index in [1.807, 2.05) is 26.8 Å². The van der Waals surface area contributed by atoms with Crippen LogP contribution in [0.2, 0.25) is 0 Å². The monoisotopic (exact) mass is 320 g/mol. The highest BCUT2D eigenvalue weighted by atomic mass is 16.5. The summed E-state index contributed by atoms with van der Waals surface area (Å²) in [5, 5.41) is 2.95. The average Bonchev–Trinajstić information content (AvgIpc) is 3.37. The maximum absolute atomic E-state index is 12.7. The summed E-state index contributed by atoms with van der Waals surface area (Å²) in [6, 6.07) is 1.89. The van der Waals surface area contributed by atoms with Gasteiger partial charge in [-0.1, -0.05) is 13.8 Å². The van der Waals surface area contributed by atoms with Crippen molar-refractivity contribution >= 4 is 11.6 Å². The van der Waals surface area contributed by atoms with Gasteiger partial charge in [0, 0.05) is 12.2 Å². The summed E-state index contributed by atoms with van der Waals surface area (Å²) in [6.45, 7) is 9.17. The van der Waals surface area contributed by atoms with Crippen LogP contribution in [0.4, 0.5) is 5.69 Å². The van der Waals surface area contributed by atoms with Crippen LogP contribution < -0.4 is 10.1 Å². The minimum Gasteiger partial charge on any atom is -0.477 e. The molecular weight excluding hydrogens is 292 g/mol.